The molecule has 158 valence electrons. The van der Waals surface area contributed by atoms with Crippen LogP contribution in [0.15, 0.2) is 53.4 Å². The molecule has 0 amide bonds. The van der Waals surface area contributed by atoms with E-state index in [0.717, 1.165) is 33.5 Å². The fraction of sp³-hybridized carbons (Fsp3) is 0.348. The minimum Gasteiger partial charge on any atom is -0.383 e. The number of aryl methyl sites for hydroxylation is 1. The van der Waals surface area contributed by atoms with E-state index in [1.54, 1.807) is 12.1 Å². The Morgan fingerprint density at radius 2 is 1.93 bits per heavy atom. The molecule has 2 aromatic carbocycles. The first-order valence-electron chi connectivity index (χ1n) is 10.1. The second-order valence-electron chi connectivity index (χ2n) is 8.74. The van der Waals surface area contributed by atoms with Crippen LogP contribution < -0.4 is 16.0 Å². The summed E-state index contributed by atoms with van der Waals surface area (Å²) in [6.45, 7) is 7.51. The van der Waals surface area contributed by atoms with E-state index in [2.05, 4.69) is 18.3 Å². The van der Waals surface area contributed by atoms with Gasteiger partial charge in [-0.2, -0.15) is 0 Å². The van der Waals surface area contributed by atoms with Crippen LogP contribution in [-0.2, 0) is 16.4 Å². The molecule has 0 saturated carbocycles. The Kier molecular flexibility index (Phi) is 5.20. The largest absolute Gasteiger partial charge is 0.383 e. The van der Waals surface area contributed by atoms with Crippen LogP contribution in [0.25, 0.3) is 10.9 Å². The van der Waals surface area contributed by atoms with Crippen molar-refractivity contribution in [3.63, 3.8) is 0 Å². The van der Waals surface area contributed by atoms with Crippen LogP contribution in [0, 0.1) is 6.92 Å². The summed E-state index contributed by atoms with van der Waals surface area (Å²) >= 11 is 0. The number of hydrogen-bond acceptors (Lipinski definition) is 6. The smallest absolute Gasteiger partial charge is 0.180 e. The SMILES string of the molecule is Cc1ccc2nc(N3CCS(=O)(=O)c4ccccc4C3)cc(NCC(C)(C)N)c2c1. The van der Waals surface area contributed by atoms with Crippen molar-refractivity contribution < 1.29 is 8.42 Å². The summed E-state index contributed by atoms with van der Waals surface area (Å²) in [7, 11) is -3.31. The number of anilines is 2. The van der Waals surface area contributed by atoms with E-state index in [1.807, 2.05) is 49.1 Å². The second-order valence-corrected chi connectivity index (χ2v) is 10.8. The number of aromatic nitrogens is 1. The van der Waals surface area contributed by atoms with Crippen molar-refractivity contribution in [2.45, 2.75) is 37.8 Å². The summed E-state index contributed by atoms with van der Waals surface area (Å²) < 4.78 is 25.5. The molecule has 0 fully saturated rings. The molecule has 0 atom stereocenters. The van der Waals surface area contributed by atoms with E-state index in [1.165, 1.54) is 0 Å². The Labute approximate surface area is 178 Å². The first-order chi connectivity index (χ1) is 14.1. The first kappa shape index (κ1) is 20.6. The molecule has 30 heavy (non-hydrogen) atoms. The number of sulfone groups is 1. The summed E-state index contributed by atoms with van der Waals surface area (Å²) in [5, 5.41) is 4.51. The zero-order chi connectivity index (χ0) is 21.5. The Morgan fingerprint density at radius 3 is 2.70 bits per heavy atom. The molecule has 0 radical (unpaired) electrons. The summed E-state index contributed by atoms with van der Waals surface area (Å²) in [6.07, 6.45) is 0. The van der Waals surface area contributed by atoms with Crippen LogP contribution in [-0.4, -0.2) is 37.8 Å². The van der Waals surface area contributed by atoms with Crippen LogP contribution in [0.3, 0.4) is 0 Å². The van der Waals surface area contributed by atoms with Crippen LogP contribution in [0.2, 0.25) is 0 Å². The number of pyridine rings is 1. The lowest BCUT2D eigenvalue weighted by atomic mass is 10.1. The van der Waals surface area contributed by atoms with Gasteiger partial charge in [0, 0.05) is 42.3 Å². The van der Waals surface area contributed by atoms with Gasteiger partial charge in [0.25, 0.3) is 0 Å². The summed E-state index contributed by atoms with van der Waals surface area (Å²) in [5.41, 5.74) is 9.61. The summed E-state index contributed by atoms with van der Waals surface area (Å²) in [5.74, 6) is 0.825. The monoisotopic (exact) mass is 424 g/mol. The lowest BCUT2D eigenvalue weighted by molar-refractivity contribution is 0.549. The van der Waals surface area contributed by atoms with Crippen molar-refractivity contribution in [3.05, 3.63) is 59.7 Å². The third-order valence-electron chi connectivity index (χ3n) is 5.31. The van der Waals surface area contributed by atoms with Gasteiger partial charge >= 0.3 is 0 Å². The van der Waals surface area contributed by atoms with E-state index in [0.29, 0.717) is 24.5 Å². The number of fused-ring (bicyclic) bond motifs is 2. The molecule has 1 aliphatic rings. The van der Waals surface area contributed by atoms with Gasteiger partial charge in [-0.1, -0.05) is 29.8 Å². The van der Waals surface area contributed by atoms with Gasteiger partial charge in [0.05, 0.1) is 16.2 Å². The molecule has 4 rings (SSSR count). The maximum absolute atomic E-state index is 12.7. The number of nitrogens with zero attached hydrogens (tertiary/aromatic N) is 2. The molecule has 0 spiro atoms. The van der Waals surface area contributed by atoms with Gasteiger partial charge < -0.3 is 16.0 Å². The number of benzene rings is 2. The van der Waals surface area contributed by atoms with Gasteiger partial charge in [-0.15, -0.1) is 0 Å². The lowest BCUT2D eigenvalue weighted by Gasteiger charge is -2.25. The molecule has 1 aliphatic heterocycles. The van der Waals surface area contributed by atoms with Gasteiger partial charge in [-0.05, 0) is 44.5 Å². The van der Waals surface area contributed by atoms with Gasteiger partial charge in [0.2, 0.25) is 0 Å². The normalized spacial score (nSPS) is 16.2. The lowest BCUT2D eigenvalue weighted by Crippen LogP contribution is -2.39. The average Bonchev–Trinajstić information content (AvgIpc) is 2.82. The maximum Gasteiger partial charge on any atom is 0.180 e. The van der Waals surface area contributed by atoms with Gasteiger partial charge in [0.1, 0.15) is 5.82 Å². The predicted molar refractivity (Wildman–Crippen MR) is 123 cm³/mol. The highest BCUT2D eigenvalue weighted by Crippen LogP contribution is 2.31. The summed E-state index contributed by atoms with van der Waals surface area (Å²) in [4.78, 5) is 7.33. The van der Waals surface area contributed by atoms with E-state index in [9.17, 15) is 8.42 Å². The summed E-state index contributed by atoms with van der Waals surface area (Å²) in [6, 6.07) is 15.4. The van der Waals surface area contributed by atoms with Crippen LogP contribution in [0.5, 0.6) is 0 Å². The van der Waals surface area contributed by atoms with Crippen molar-refractivity contribution >= 4 is 32.2 Å². The molecule has 3 N–H and O–H groups in total. The molecule has 1 aromatic heterocycles. The first-order valence-corrected chi connectivity index (χ1v) is 11.8. The average molecular weight is 425 g/mol. The Balaban J connectivity index is 1.78. The predicted octanol–water partition coefficient (Wildman–Crippen LogP) is 3.49. The molecule has 0 saturated heterocycles. The molecule has 7 heteroatoms. The van der Waals surface area contributed by atoms with Crippen molar-refractivity contribution in [1.29, 1.82) is 0 Å². The number of nitrogens with two attached hydrogens (primary N) is 1. The topological polar surface area (TPSA) is 88.3 Å². The minimum absolute atomic E-state index is 0.0657. The molecule has 2 heterocycles. The molecule has 6 nitrogen and oxygen atoms in total. The highest BCUT2D eigenvalue weighted by molar-refractivity contribution is 7.91. The fourth-order valence-electron chi connectivity index (χ4n) is 3.72. The second kappa shape index (κ2) is 7.56. The highest BCUT2D eigenvalue weighted by Gasteiger charge is 2.26. The molecule has 0 unspecified atom stereocenters. The van der Waals surface area contributed by atoms with E-state index in [-0.39, 0.29) is 11.3 Å². The Hall–Kier alpha value is -2.64. The number of hydrogen-bond donors (Lipinski definition) is 2. The third-order valence-corrected chi connectivity index (χ3v) is 7.10. The van der Waals surface area contributed by atoms with Gasteiger partial charge in [0.15, 0.2) is 9.84 Å². The molecular formula is C23H28N4O2S. The maximum atomic E-state index is 12.7. The zero-order valence-electron chi connectivity index (χ0n) is 17.6. The standard InChI is InChI=1S/C23H28N4O2S/c1-16-8-9-19-18(12-16)20(25-15-23(2,3)24)13-22(26-19)27-10-11-30(28,29)21-7-5-4-6-17(21)14-27/h4-9,12-13H,10-11,14-15,24H2,1-3H3,(H,25,26). The zero-order valence-corrected chi connectivity index (χ0v) is 18.5. The fourth-order valence-corrected chi connectivity index (χ4v) is 5.21. The highest BCUT2D eigenvalue weighted by atomic mass is 32.2. The number of nitrogens with one attached hydrogen (secondary N) is 1. The minimum atomic E-state index is -3.31. The van der Waals surface area contributed by atoms with Crippen LogP contribution in [0.1, 0.15) is 25.0 Å². The molecular weight excluding hydrogens is 396 g/mol. The van der Waals surface area contributed by atoms with Crippen molar-refractivity contribution in [2.24, 2.45) is 5.73 Å². The molecule has 0 aliphatic carbocycles. The van der Waals surface area contributed by atoms with Crippen molar-refractivity contribution in [2.75, 3.05) is 29.1 Å². The van der Waals surface area contributed by atoms with Crippen LogP contribution in [0.4, 0.5) is 11.5 Å². The van der Waals surface area contributed by atoms with Crippen LogP contribution >= 0.6 is 0 Å². The molecule has 0 bridgehead atoms. The molecule has 3 aromatic rings. The quantitative estimate of drug-likeness (QED) is 0.667. The Morgan fingerprint density at radius 1 is 1.17 bits per heavy atom. The van der Waals surface area contributed by atoms with Crippen molar-refractivity contribution in [3.8, 4) is 0 Å². The van der Waals surface area contributed by atoms with E-state index < -0.39 is 9.84 Å². The van der Waals surface area contributed by atoms with Gasteiger partial charge in [-0.25, -0.2) is 13.4 Å². The van der Waals surface area contributed by atoms with E-state index >= 15 is 0 Å². The van der Waals surface area contributed by atoms with Gasteiger partial charge in [-0.3, -0.25) is 0 Å². The number of rotatable bonds is 4. The Bertz CT molecular complexity index is 1200. The van der Waals surface area contributed by atoms with Crippen molar-refractivity contribution in [1.82, 2.24) is 4.98 Å². The third kappa shape index (κ3) is 4.27. The van der Waals surface area contributed by atoms with E-state index in [4.69, 9.17) is 10.7 Å².